The first-order valence-electron chi connectivity index (χ1n) is 7.80. The summed E-state index contributed by atoms with van der Waals surface area (Å²) in [6.45, 7) is 2.82. The highest BCUT2D eigenvalue weighted by molar-refractivity contribution is 5.49. The average molecular weight is 329 g/mol. The van der Waals surface area contributed by atoms with E-state index in [1.54, 1.807) is 17.2 Å². The van der Waals surface area contributed by atoms with Gasteiger partial charge in [0.25, 0.3) is 5.89 Å². The van der Waals surface area contributed by atoms with E-state index < -0.39 is 0 Å². The van der Waals surface area contributed by atoms with Crippen molar-refractivity contribution in [2.75, 3.05) is 19.8 Å². The molecule has 4 heterocycles. The van der Waals surface area contributed by atoms with Crippen molar-refractivity contribution >= 4 is 0 Å². The molecule has 1 fully saturated rings. The van der Waals surface area contributed by atoms with Crippen LogP contribution in [-0.4, -0.2) is 54.1 Å². The van der Waals surface area contributed by atoms with Crippen LogP contribution in [0.3, 0.4) is 0 Å². The van der Waals surface area contributed by atoms with Gasteiger partial charge in [-0.3, -0.25) is 9.58 Å². The normalized spacial score (nSPS) is 19.0. The Labute approximate surface area is 138 Å². The van der Waals surface area contributed by atoms with Gasteiger partial charge in [0.05, 0.1) is 43.0 Å². The minimum absolute atomic E-state index is 0.0391. The van der Waals surface area contributed by atoms with Gasteiger partial charge in [-0.2, -0.15) is 10.1 Å². The molecule has 3 aromatic heterocycles. The third-order valence-corrected chi connectivity index (χ3v) is 4.21. The molecule has 9 heteroatoms. The molecule has 4 rings (SSSR count). The van der Waals surface area contributed by atoms with Crippen molar-refractivity contribution in [1.29, 1.82) is 0 Å². The number of nitrogens with zero attached hydrogens (tertiary/aromatic N) is 7. The van der Waals surface area contributed by atoms with E-state index in [0.29, 0.717) is 24.9 Å². The first-order valence-corrected chi connectivity index (χ1v) is 7.80. The lowest BCUT2D eigenvalue weighted by Crippen LogP contribution is -2.39. The van der Waals surface area contributed by atoms with Gasteiger partial charge in [-0.15, -0.1) is 0 Å². The second-order valence-corrected chi connectivity index (χ2v) is 5.92. The Hall–Kier alpha value is -2.52. The van der Waals surface area contributed by atoms with E-state index in [2.05, 4.69) is 25.1 Å². The van der Waals surface area contributed by atoms with Crippen molar-refractivity contribution in [3.05, 3.63) is 36.4 Å². The number of rotatable bonds is 4. The molecule has 0 aromatic carbocycles. The second kappa shape index (κ2) is 6.17. The fraction of sp³-hybridized carbons (Fsp3) is 0.467. The number of imidazole rings is 1. The van der Waals surface area contributed by atoms with Crippen molar-refractivity contribution in [3.63, 3.8) is 0 Å². The number of morpholine rings is 1. The Balaban J connectivity index is 1.56. The Kier molecular flexibility index (Phi) is 3.87. The second-order valence-electron chi connectivity index (χ2n) is 5.92. The molecule has 1 atom stereocenters. The fourth-order valence-electron chi connectivity index (χ4n) is 2.83. The average Bonchev–Trinajstić information content (AvgIpc) is 3.30. The standard InChI is InChI=1S/C15H19N7O2/c1-20-10-16-6-12(20)8-22-3-4-23-9-13(22)14-18-15(24-19-14)11-5-17-21(2)7-11/h5-7,10,13H,3-4,8-9H2,1-2H3. The zero-order valence-corrected chi connectivity index (χ0v) is 13.7. The van der Waals surface area contributed by atoms with Gasteiger partial charge in [-0.25, -0.2) is 4.98 Å². The van der Waals surface area contributed by atoms with E-state index in [9.17, 15) is 0 Å². The fourth-order valence-corrected chi connectivity index (χ4v) is 2.83. The smallest absolute Gasteiger partial charge is 0.261 e. The van der Waals surface area contributed by atoms with E-state index in [0.717, 1.165) is 24.3 Å². The molecule has 9 nitrogen and oxygen atoms in total. The monoisotopic (exact) mass is 329 g/mol. The summed E-state index contributed by atoms with van der Waals surface area (Å²) in [6.07, 6.45) is 7.24. The quantitative estimate of drug-likeness (QED) is 0.699. The summed E-state index contributed by atoms with van der Waals surface area (Å²) in [5, 5.41) is 8.29. The van der Waals surface area contributed by atoms with Crippen LogP contribution in [0, 0.1) is 0 Å². The van der Waals surface area contributed by atoms with Gasteiger partial charge in [-0.05, 0) is 0 Å². The van der Waals surface area contributed by atoms with Crippen LogP contribution in [0.5, 0.6) is 0 Å². The molecule has 0 aliphatic carbocycles. The van der Waals surface area contributed by atoms with Crippen LogP contribution in [0.2, 0.25) is 0 Å². The van der Waals surface area contributed by atoms with E-state index in [1.165, 1.54) is 0 Å². The summed E-state index contributed by atoms with van der Waals surface area (Å²) in [6, 6.07) is -0.0391. The maximum absolute atomic E-state index is 5.63. The largest absolute Gasteiger partial charge is 0.378 e. The number of hydrogen-bond acceptors (Lipinski definition) is 7. The first-order chi connectivity index (χ1) is 11.7. The first kappa shape index (κ1) is 15.0. The van der Waals surface area contributed by atoms with Gasteiger partial charge < -0.3 is 13.8 Å². The Morgan fingerprint density at radius 1 is 1.29 bits per heavy atom. The summed E-state index contributed by atoms with van der Waals surface area (Å²) in [5.41, 5.74) is 1.95. The summed E-state index contributed by atoms with van der Waals surface area (Å²) in [4.78, 5) is 11.0. The van der Waals surface area contributed by atoms with Crippen molar-refractivity contribution in [3.8, 4) is 11.5 Å². The van der Waals surface area contributed by atoms with Crippen LogP contribution >= 0.6 is 0 Å². The molecule has 126 valence electrons. The zero-order chi connectivity index (χ0) is 16.5. The maximum Gasteiger partial charge on any atom is 0.261 e. The molecule has 0 N–H and O–H groups in total. The van der Waals surface area contributed by atoms with Gasteiger partial charge in [0.15, 0.2) is 5.82 Å². The summed E-state index contributed by atoms with van der Waals surface area (Å²) in [7, 11) is 3.85. The van der Waals surface area contributed by atoms with Crippen molar-refractivity contribution in [2.45, 2.75) is 12.6 Å². The molecule has 1 saturated heterocycles. The molecule has 0 spiro atoms. The predicted molar refractivity (Wildman–Crippen MR) is 83.7 cm³/mol. The molecule has 0 radical (unpaired) electrons. The Bertz CT molecular complexity index is 821. The molecule has 0 bridgehead atoms. The van der Waals surface area contributed by atoms with Crippen molar-refractivity contribution < 1.29 is 9.26 Å². The highest BCUT2D eigenvalue weighted by Gasteiger charge is 2.29. The number of hydrogen-bond donors (Lipinski definition) is 0. The predicted octanol–water partition coefficient (Wildman–Crippen LogP) is 0.777. The Morgan fingerprint density at radius 2 is 2.21 bits per heavy atom. The van der Waals surface area contributed by atoms with Gasteiger partial charge in [0, 0.05) is 39.6 Å². The number of ether oxygens (including phenoxy) is 1. The molecule has 1 unspecified atom stereocenters. The van der Waals surface area contributed by atoms with E-state index in [1.807, 2.05) is 31.1 Å². The minimum atomic E-state index is -0.0391. The van der Waals surface area contributed by atoms with Gasteiger partial charge in [0.2, 0.25) is 0 Å². The lowest BCUT2D eigenvalue weighted by atomic mass is 10.2. The molecule has 1 aliphatic rings. The zero-order valence-electron chi connectivity index (χ0n) is 13.7. The van der Waals surface area contributed by atoms with Gasteiger partial charge in [-0.1, -0.05) is 5.16 Å². The van der Waals surface area contributed by atoms with Crippen LogP contribution in [0.1, 0.15) is 17.6 Å². The molecule has 0 amide bonds. The molecule has 1 aliphatic heterocycles. The maximum atomic E-state index is 5.63. The lowest BCUT2D eigenvalue weighted by molar-refractivity contribution is -0.0175. The highest BCUT2D eigenvalue weighted by Crippen LogP contribution is 2.26. The summed E-state index contributed by atoms with van der Waals surface area (Å²) in [5.74, 6) is 1.11. The topological polar surface area (TPSA) is 87.0 Å². The third-order valence-electron chi connectivity index (χ3n) is 4.21. The highest BCUT2D eigenvalue weighted by atomic mass is 16.5. The molecule has 3 aromatic rings. The van der Waals surface area contributed by atoms with Crippen molar-refractivity contribution in [2.24, 2.45) is 14.1 Å². The summed E-state index contributed by atoms with van der Waals surface area (Å²) >= 11 is 0. The van der Waals surface area contributed by atoms with Crippen LogP contribution in [0.4, 0.5) is 0 Å². The number of aromatic nitrogens is 6. The molecular weight excluding hydrogens is 310 g/mol. The Morgan fingerprint density at radius 3 is 2.96 bits per heavy atom. The number of aryl methyl sites for hydroxylation is 2. The third kappa shape index (κ3) is 2.83. The van der Waals surface area contributed by atoms with Crippen LogP contribution in [0.15, 0.2) is 29.4 Å². The van der Waals surface area contributed by atoms with E-state index in [-0.39, 0.29) is 6.04 Å². The van der Waals surface area contributed by atoms with E-state index >= 15 is 0 Å². The minimum Gasteiger partial charge on any atom is -0.378 e. The van der Waals surface area contributed by atoms with Crippen LogP contribution in [0.25, 0.3) is 11.5 Å². The summed E-state index contributed by atoms with van der Waals surface area (Å²) < 4.78 is 14.8. The molecular formula is C15H19N7O2. The van der Waals surface area contributed by atoms with Crippen LogP contribution in [-0.2, 0) is 25.4 Å². The van der Waals surface area contributed by atoms with E-state index in [4.69, 9.17) is 9.26 Å². The lowest BCUT2D eigenvalue weighted by Gasteiger charge is -2.33. The van der Waals surface area contributed by atoms with Gasteiger partial charge >= 0.3 is 0 Å². The SMILES string of the molecule is Cn1cc(-c2nc(C3COCCN3Cc3cncn3C)no2)cn1. The van der Waals surface area contributed by atoms with Gasteiger partial charge in [0.1, 0.15) is 0 Å². The molecule has 0 saturated carbocycles. The van der Waals surface area contributed by atoms with Crippen molar-refractivity contribution in [1.82, 2.24) is 34.4 Å². The molecule has 24 heavy (non-hydrogen) atoms. The van der Waals surface area contributed by atoms with Crippen LogP contribution < -0.4 is 0 Å².